The quantitative estimate of drug-likeness (QED) is 0.239. The van der Waals surface area contributed by atoms with E-state index in [2.05, 4.69) is 20.5 Å². The molecule has 0 unspecified atom stereocenters. The molecule has 2 amide bonds. The molecule has 9 nitrogen and oxygen atoms in total. The lowest BCUT2D eigenvalue weighted by molar-refractivity contribution is 0.102. The first kappa shape index (κ1) is 29.8. The number of nitrogens with one attached hydrogen (secondary N) is 2. The molecule has 0 atom stereocenters. The van der Waals surface area contributed by atoms with Gasteiger partial charge in [0.05, 0.1) is 16.3 Å². The number of para-hydroxylation sites is 1. The number of pyridine rings is 2. The van der Waals surface area contributed by atoms with Crippen LogP contribution in [-0.4, -0.2) is 51.0 Å². The number of phenols is 1. The topological polar surface area (TPSA) is 117 Å². The molecule has 0 spiro atoms. The lowest BCUT2D eigenvalue weighted by Crippen LogP contribution is -2.29. The summed E-state index contributed by atoms with van der Waals surface area (Å²) >= 11 is 5.85. The lowest BCUT2D eigenvalue weighted by Gasteiger charge is -2.16. The van der Waals surface area contributed by atoms with E-state index < -0.39 is 11.8 Å². The molecule has 11 heteroatoms. The second-order valence-corrected chi connectivity index (χ2v) is 9.95. The fourth-order valence-electron chi connectivity index (χ4n) is 4.67. The average Bonchev–Trinajstić information content (AvgIpc) is 3.49. The second kappa shape index (κ2) is 13.5. The number of nitrogens with zero attached hydrogens (tertiary/aromatic N) is 3. The van der Waals surface area contributed by atoms with Gasteiger partial charge in [-0.25, -0.2) is 4.98 Å². The molecule has 5 rings (SSSR count). The molecular weight excluding hydrogens is 565 g/mol. The fraction of sp³-hybridized carbons (Fsp3) is 0.200. The molecular formula is C30H29Cl2N5O4. The molecule has 212 valence electrons. The van der Waals surface area contributed by atoms with E-state index in [4.69, 9.17) is 11.6 Å². The van der Waals surface area contributed by atoms with Gasteiger partial charge in [0.15, 0.2) is 0 Å². The number of halogens is 2. The second-order valence-electron chi connectivity index (χ2n) is 9.52. The number of aromatic nitrogens is 2. The number of benzene rings is 2. The van der Waals surface area contributed by atoms with Crippen LogP contribution in [-0.2, 0) is 6.54 Å². The summed E-state index contributed by atoms with van der Waals surface area (Å²) in [5, 5.41) is 16.1. The molecule has 0 saturated carbocycles. The maximum atomic E-state index is 13.1. The van der Waals surface area contributed by atoms with Crippen LogP contribution in [0.2, 0.25) is 5.02 Å². The maximum Gasteiger partial charge on any atom is 0.259 e. The van der Waals surface area contributed by atoms with Gasteiger partial charge in [0.2, 0.25) is 0 Å². The van der Waals surface area contributed by atoms with Gasteiger partial charge in [-0.15, -0.1) is 12.4 Å². The molecule has 2 aromatic carbocycles. The molecule has 0 radical (unpaired) electrons. The third-order valence-electron chi connectivity index (χ3n) is 6.83. The number of rotatable bonds is 8. The Hall–Kier alpha value is -4.18. The van der Waals surface area contributed by atoms with E-state index in [9.17, 15) is 19.5 Å². The molecule has 3 N–H and O–H groups in total. The van der Waals surface area contributed by atoms with E-state index >= 15 is 0 Å². The van der Waals surface area contributed by atoms with Crippen LogP contribution in [0.1, 0.15) is 33.6 Å². The standard InChI is InChI=1S/C30H28ClN5O4.ClH/c31-22-12-13-26(32-19-22)33-29(39)24-5-3-7-25(37)27(24)34-28(38)21-10-8-20(9-11-21)23-6-4-16-36(30(23)40)18-17-35-14-1-2-15-35;/h3-13,16,19,37H,1-2,14-15,17-18H2,(H,34,38)(H,32,33,39);1H. The van der Waals surface area contributed by atoms with Crippen molar-refractivity contribution in [2.24, 2.45) is 0 Å². The number of carbonyl (C=O) groups is 2. The molecule has 1 aliphatic rings. The maximum absolute atomic E-state index is 13.1. The van der Waals surface area contributed by atoms with Crippen LogP contribution in [0.5, 0.6) is 5.75 Å². The Kier molecular flexibility index (Phi) is 9.78. The number of hydrogen-bond donors (Lipinski definition) is 3. The first-order valence-corrected chi connectivity index (χ1v) is 13.4. The molecule has 1 saturated heterocycles. The monoisotopic (exact) mass is 593 g/mol. The number of carbonyl (C=O) groups excluding carboxylic acids is 2. The van der Waals surface area contributed by atoms with Gasteiger partial charge in [-0.2, -0.15) is 0 Å². The third kappa shape index (κ3) is 7.13. The van der Waals surface area contributed by atoms with Crippen LogP contribution < -0.4 is 16.2 Å². The van der Waals surface area contributed by atoms with Gasteiger partial charge in [0.25, 0.3) is 17.4 Å². The van der Waals surface area contributed by atoms with Crippen molar-refractivity contribution in [2.45, 2.75) is 19.4 Å². The van der Waals surface area contributed by atoms with Crippen molar-refractivity contribution in [3.05, 3.63) is 106 Å². The van der Waals surface area contributed by atoms with Gasteiger partial charge in [0.1, 0.15) is 11.6 Å². The molecule has 1 fully saturated rings. The van der Waals surface area contributed by atoms with E-state index in [1.165, 1.54) is 43.3 Å². The van der Waals surface area contributed by atoms with Gasteiger partial charge in [-0.05, 0) is 80.0 Å². The predicted octanol–water partition coefficient (Wildman–Crippen LogP) is 5.29. The van der Waals surface area contributed by atoms with E-state index in [0.717, 1.165) is 19.6 Å². The highest BCUT2D eigenvalue weighted by Crippen LogP contribution is 2.29. The van der Waals surface area contributed by atoms with Crippen molar-refractivity contribution in [1.29, 1.82) is 0 Å². The Morgan fingerprint density at radius 2 is 1.66 bits per heavy atom. The highest BCUT2D eigenvalue weighted by Gasteiger charge is 2.19. The van der Waals surface area contributed by atoms with Crippen LogP contribution in [0.3, 0.4) is 0 Å². The van der Waals surface area contributed by atoms with E-state index in [1.54, 1.807) is 47.2 Å². The van der Waals surface area contributed by atoms with E-state index in [0.29, 0.717) is 28.3 Å². The van der Waals surface area contributed by atoms with Crippen molar-refractivity contribution >= 4 is 47.3 Å². The first-order valence-electron chi connectivity index (χ1n) is 13.0. The summed E-state index contributed by atoms with van der Waals surface area (Å²) in [6, 6.07) is 17.7. The van der Waals surface area contributed by atoms with Gasteiger partial charge in [-0.3, -0.25) is 14.4 Å². The smallest absolute Gasteiger partial charge is 0.259 e. The van der Waals surface area contributed by atoms with Crippen LogP contribution in [0.25, 0.3) is 11.1 Å². The normalized spacial score (nSPS) is 12.9. The number of hydrogen-bond acceptors (Lipinski definition) is 6. The van der Waals surface area contributed by atoms with Crippen molar-refractivity contribution in [2.75, 3.05) is 30.3 Å². The summed E-state index contributed by atoms with van der Waals surface area (Å²) in [5.41, 5.74) is 1.47. The largest absolute Gasteiger partial charge is 0.506 e. The number of amides is 2. The van der Waals surface area contributed by atoms with Crippen molar-refractivity contribution in [1.82, 2.24) is 14.5 Å². The van der Waals surface area contributed by atoms with Crippen molar-refractivity contribution in [3.63, 3.8) is 0 Å². The summed E-state index contributed by atoms with van der Waals surface area (Å²) in [6.45, 7) is 3.61. The van der Waals surface area contributed by atoms with Gasteiger partial charge in [0, 0.05) is 36.6 Å². The third-order valence-corrected chi connectivity index (χ3v) is 7.05. The predicted molar refractivity (Wildman–Crippen MR) is 162 cm³/mol. The zero-order chi connectivity index (χ0) is 28.1. The minimum atomic E-state index is -0.568. The molecule has 3 heterocycles. The summed E-state index contributed by atoms with van der Waals surface area (Å²) in [4.78, 5) is 45.5. The highest BCUT2D eigenvalue weighted by molar-refractivity contribution is 6.30. The molecule has 0 bridgehead atoms. The zero-order valence-corrected chi connectivity index (χ0v) is 23.6. The summed E-state index contributed by atoms with van der Waals surface area (Å²) in [7, 11) is 0. The molecule has 2 aromatic heterocycles. The summed E-state index contributed by atoms with van der Waals surface area (Å²) in [6.07, 6.45) is 5.60. The lowest BCUT2D eigenvalue weighted by atomic mass is 10.0. The Bertz CT molecular complexity index is 1580. The number of aromatic hydroxyl groups is 1. The molecule has 4 aromatic rings. The number of anilines is 2. The van der Waals surface area contributed by atoms with Crippen molar-refractivity contribution in [3.8, 4) is 16.9 Å². The first-order chi connectivity index (χ1) is 19.4. The summed E-state index contributed by atoms with van der Waals surface area (Å²) in [5.74, 6) is -1.09. The highest BCUT2D eigenvalue weighted by atomic mass is 35.5. The van der Waals surface area contributed by atoms with Crippen LogP contribution >= 0.6 is 24.0 Å². The van der Waals surface area contributed by atoms with Crippen LogP contribution in [0.15, 0.2) is 83.9 Å². The number of phenolic OH excluding ortho intramolecular Hbond substituents is 1. The Morgan fingerprint density at radius 1 is 0.902 bits per heavy atom. The fourth-order valence-corrected chi connectivity index (χ4v) is 4.78. The Balaban J connectivity index is 0.00000387. The van der Waals surface area contributed by atoms with Crippen LogP contribution in [0.4, 0.5) is 11.5 Å². The summed E-state index contributed by atoms with van der Waals surface area (Å²) < 4.78 is 1.72. The zero-order valence-electron chi connectivity index (χ0n) is 22.0. The van der Waals surface area contributed by atoms with Crippen LogP contribution in [0, 0.1) is 0 Å². The number of likely N-dealkylation sites (tertiary alicyclic amines) is 1. The minimum Gasteiger partial charge on any atom is -0.506 e. The Labute approximate surface area is 248 Å². The van der Waals surface area contributed by atoms with Gasteiger partial charge < -0.3 is 25.2 Å². The van der Waals surface area contributed by atoms with Crippen molar-refractivity contribution < 1.29 is 14.7 Å². The van der Waals surface area contributed by atoms with E-state index in [-0.39, 0.29) is 40.8 Å². The van der Waals surface area contributed by atoms with Gasteiger partial charge in [-0.1, -0.05) is 29.8 Å². The molecule has 41 heavy (non-hydrogen) atoms. The molecule has 0 aliphatic carbocycles. The molecule has 1 aliphatic heterocycles. The SMILES string of the molecule is Cl.O=C(Nc1c(O)cccc1C(=O)Nc1ccc(Cl)cn1)c1ccc(-c2cccn(CCN3CCCC3)c2=O)cc1. The van der Waals surface area contributed by atoms with E-state index in [1.807, 2.05) is 6.07 Å². The van der Waals surface area contributed by atoms with Gasteiger partial charge >= 0.3 is 0 Å². The minimum absolute atomic E-state index is 0. The average molecular weight is 594 g/mol. The Morgan fingerprint density at radius 3 is 2.37 bits per heavy atom.